The summed E-state index contributed by atoms with van der Waals surface area (Å²) in [7, 11) is 1.72. The molecule has 1 fully saturated rings. The number of terminal acetylenes is 1. The lowest BCUT2D eigenvalue weighted by molar-refractivity contribution is 0.302. The van der Waals surface area contributed by atoms with Crippen LogP contribution in [0.5, 0.6) is 5.75 Å². The van der Waals surface area contributed by atoms with E-state index >= 15 is 0 Å². The minimum absolute atomic E-state index is 0.292. The molecule has 3 nitrogen and oxygen atoms in total. The van der Waals surface area contributed by atoms with E-state index in [2.05, 4.69) is 72.9 Å². The fourth-order valence-electron chi connectivity index (χ4n) is 3.75. The first-order chi connectivity index (χ1) is 13.0. The molecule has 2 unspecified atom stereocenters. The smallest absolute Gasteiger partial charge is 0.123 e. The fraction of sp³-hybridized carbons (Fsp3) is 0.417. The highest BCUT2D eigenvalue weighted by Crippen LogP contribution is 2.29. The zero-order valence-corrected chi connectivity index (χ0v) is 16.6. The molecule has 3 heteroatoms. The van der Waals surface area contributed by atoms with Crippen molar-refractivity contribution in [2.75, 3.05) is 13.7 Å². The van der Waals surface area contributed by atoms with Crippen molar-refractivity contribution in [2.24, 2.45) is 0 Å². The zero-order valence-electron chi connectivity index (χ0n) is 16.6. The normalized spacial score (nSPS) is 20.1. The molecule has 0 bridgehead atoms. The van der Waals surface area contributed by atoms with Crippen LogP contribution in [0.4, 0.5) is 0 Å². The molecule has 0 spiro atoms. The van der Waals surface area contributed by atoms with Crippen molar-refractivity contribution in [1.29, 1.82) is 0 Å². The third-order valence-electron chi connectivity index (χ3n) is 5.53. The standard InChI is InChI=1S/C24H30N2O/c1-5-24(2,3)20-13-14-22(27-4)19(16-20)17-26-21-12-9-15-25-23(21)18-10-7-6-8-11-18/h1,6-8,10-11,13-14,16,21,23,25-26H,9,12,15,17H2,2-4H3. The maximum absolute atomic E-state index is 5.73. The summed E-state index contributed by atoms with van der Waals surface area (Å²) in [6, 6.07) is 17.7. The number of piperidine rings is 1. The Labute approximate surface area is 163 Å². The van der Waals surface area contributed by atoms with Gasteiger partial charge in [-0.25, -0.2) is 0 Å². The molecular weight excluding hydrogens is 332 g/mol. The second kappa shape index (κ2) is 8.61. The van der Waals surface area contributed by atoms with Crippen molar-refractivity contribution in [1.82, 2.24) is 10.6 Å². The van der Waals surface area contributed by atoms with Crippen LogP contribution in [0.25, 0.3) is 0 Å². The minimum atomic E-state index is -0.292. The molecule has 142 valence electrons. The molecule has 2 aromatic carbocycles. The number of hydrogen-bond acceptors (Lipinski definition) is 3. The minimum Gasteiger partial charge on any atom is -0.496 e. The van der Waals surface area contributed by atoms with Crippen molar-refractivity contribution in [3.8, 4) is 18.1 Å². The summed E-state index contributed by atoms with van der Waals surface area (Å²) in [4.78, 5) is 0. The van der Waals surface area contributed by atoms with Gasteiger partial charge in [-0.2, -0.15) is 0 Å². The Morgan fingerprint density at radius 2 is 2.00 bits per heavy atom. The quantitative estimate of drug-likeness (QED) is 0.756. The Morgan fingerprint density at radius 3 is 2.70 bits per heavy atom. The lowest BCUT2D eigenvalue weighted by Crippen LogP contribution is -2.45. The highest BCUT2D eigenvalue weighted by Gasteiger charge is 2.26. The van der Waals surface area contributed by atoms with Crippen molar-refractivity contribution in [3.05, 3.63) is 65.2 Å². The van der Waals surface area contributed by atoms with Gasteiger partial charge in [-0.3, -0.25) is 0 Å². The van der Waals surface area contributed by atoms with E-state index in [4.69, 9.17) is 11.2 Å². The van der Waals surface area contributed by atoms with Crippen molar-refractivity contribution >= 4 is 0 Å². The second-order valence-corrected chi connectivity index (χ2v) is 7.77. The molecule has 0 radical (unpaired) electrons. The summed E-state index contributed by atoms with van der Waals surface area (Å²) in [5.41, 5.74) is 3.34. The van der Waals surface area contributed by atoms with Gasteiger partial charge in [0.15, 0.2) is 0 Å². The molecule has 2 N–H and O–H groups in total. The third kappa shape index (κ3) is 4.53. The van der Waals surface area contributed by atoms with Crippen molar-refractivity contribution in [2.45, 2.75) is 50.7 Å². The number of methoxy groups -OCH3 is 1. The maximum Gasteiger partial charge on any atom is 0.123 e. The average molecular weight is 363 g/mol. The summed E-state index contributed by atoms with van der Waals surface area (Å²) in [5.74, 6) is 3.79. The van der Waals surface area contributed by atoms with Gasteiger partial charge in [0, 0.05) is 24.2 Å². The van der Waals surface area contributed by atoms with Gasteiger partial charge in [-0.05, 0) is 56.5 Å². The largest absolute Gasteiger partial charge is 0.496 e. The van der Waals surface area contributed by atoms with Gasteiger partial charge >= 0.3 is 0 Å². The van der Waals surface area contributed by atoms with Crippen LogP contribution in [0.1, 0.15) is 49.4 Å². The molecule has 0 saturated carbocycles. The summed E-state index contributed by atoms with van der Waals surface area (Å²) in [5, 5.41) is 7.44. The molecule has 0 amide bonds. The van der Waals surface area contributed by atoms with Gasteiger partial charge < -0.3 is 15.4 Å². The molecule has 1 aliphatic heterocycles. The molecule has 1 heterocycles. The lowest BCUT2D eigenvalue weighted by Gasteiger charge is -2.34. The summed E-state index contributed by atoms with van der Waals surface area (Å²) < 4.78 is 5.59. The number of hydrogen-bond donors (Lipinski definition) is 2. The van der Waals surface area contributed by atoms with E-state index in [9.17, 15) is 0 Å². The van der Waals surface area contributed by atoms with Gasteiger partial charge in [0.05, 0.1) is 12.5 Å². The van der Waals surface area contributed by atoms with E-state index < -0.39 is 0 Å². The molecule has 0 aliphatic carbocycles. The fourth-order valence-corrected chi connectivity index (χ4v) is 3.75. The maximum atomic E-state index is 5.73. The number of ether oxygens (including phenoxy) is 1. The van der Waals surface area contributed by atoms with Gasteiger partial charge in [0.25, 0.3) is 0 Å². The Kier molecular flexibility index (Phi) is 6.21. The lowest BCUT2D eigenvalue weighted by atomic mass is 9.84. The average Bonchev–Trinajstić information content (AvgIpc) is 2.72. The number of rotatable bonds is 6. The summed E-state index contributed by atoms with van der Waals surface area (Å²) in [6.45, 7) is 5.96. The van der Waals surface area contributed by atoms with Gasteiger partial charge in [0.1, 0.15) is 5.75 Å². The Balaban J connectivity index is 1.78. The molecule has 0 aromatic heterocycles. The number of nitrogens with one attached hydrogen (secondary N) is 2. The van der Waals surface area contributed by atoms with E-state index in [0.717, 1.165) is 36.4 Å². The van der Waals surface area contributed by atoms with E-state index in [1.54, 1.807) is 7.11 Å². The first-order valence-corrected chi connectivity index (χ1v) is 9.72. The SMILES string of the molecule is C#CC(C)(C)c1ccc(OC)c(CNC2CCCNC2c2ccccc2)c1. The molecule has 2 atom stereocenters. The van der Waals surface area contributed by atoms with E-state index in [1.807, 2.05) is 6.07 Å². The number of benzene rings is 2. The highest BCUT2D eigenvalue weighted by atomic mass is 16.5. The molecule has 1 saturated heterocycles. The van der Waals surface area contributed by atoms with Crippen LogP contribution >= 0.6 is 0 Å². The highest BCUT2D eigenvalue weighted by molar-refractivity contribution is 5.42. The van der Waals surface area contributed by atoms with Crippen LogP contribution in [-0.2, 0) is 12.0 Å². The van der Waals surface area contributed by atoms with Crippen LogP contribution in [0.3, 0.4) is 0 Å². The van der Waals surface area contributed by atoms with Crippen LogP contribution in [0, 0.1) is 12.3 Å². The van der Waals surface area contributed by atoms with Crippen LogP contribution in [0.15, 0.2) is 48.5 Å². The van der Waals surface area contributed by atoms with Gasteiger partial charge in [-0.1, -0.05) is 42.3 Å². The topological polar surface area (TPSA) is 33.3 Å². The monoisotopic (exact) mass is 362 g/mol. The van der Waals surface area contributed by atoms with Gasteiger partial charge in [-0.15, -0.1) is 6.42 Å². The Bertz CT molecular complexity index is 792. The first kappa shape index (κ1) is 19.5. The molecule has 2 aromatic rings. The van der Waals surface area contributed by atoms with E-state index in [-0.39, 0.29) is 5.41 Å². The van der Waals surface area contributed by atoms with Crippen LogP contribution < -0.4 is 15.4 Å². The molecule has 1 aliphatic rings. The van der Waals surface area contributed by atoms with E-state index in [1.165, 1.54) is 12.0 Å². The predicted octanol–water partition coefficient (Wildman–Crippen LogP) is 4.19. The van der Waals surface area contributed by atoms with Crippen molar-refractivity contribution < 1.29 is 4.74 Å². The first-order valence-electron chi connectivity index (χ1n) is 9.72. The van der Waals surface area contributed by atoms with Crippen LogP contribution in [-0.4, -0.2) is 19.7 Å². The molecule has 27 heavy (non-hydrogen) atoms. The van der Waals surface area contributed by atoms with Crippen LogP contribution in [0.2, 0.25) is 0 Å². The molecule has 3 rings (SSSR count). The Hall–Kier alpha value is -2.28. The Morgan fingerprint density at radius 1 is 1.22 bits per heavy atom. The summed E-state index contributed by atoms with van der Waals surface area (Å²) in [6.07, 6.45) is 8.07. The van der Waals surface area contributed by atoms with E-state index in [0.29, 0.717) is 12.1 Å². The molecular formula is C24H30N2O. The summed E-state index contributed by atoms with van der Waals surface area (Å²) >= 11 is 0. The second-order valence-electron chi connectivity index (χ2n) is 7.77. The zero-order chi connectivity index (χ0) is 19.3. The predicted molar refractivity (Wildman–Crippen MR) is 112 cm³/mol. The van der Waals surface area contributed by atoms with Gasteiger partial charge in [0.2, 0.25) is 0 Å². The third-order valence-corrected chi connectivity index (χ3v) is 5.53. The van der Waals surface area contributed by atoms with Crippen molar-refractivity contribution in [3.63, 3.8) is 0 Å².